The van der Waals surface area contributed by atoms with Gasteiger partial charge in [0.05, 0.1) is 0 Å². The minimum Gasteiger partial charge on any atom is -0.383 e. The van der Waals surface area contributed by atoms with Crippen molar-refractivity contribution < 1.29 is 4.79 Å². The van der Waals surface area contributed by atoms with Gasteiger partial charge >= 0.3 is 0 Å². The molecule has 4 rings (SSSR count). The van der Waals surface area contributed by atoms with Crippen molar-refractivity contribution in [3.05, 3.63) is 54.1 Å². The highest BCUT2D eigenvalue weighted by atomic mass is 16.1. The standard InChI is InChI=1S/C22H27N7O/c1-29-10-5-15(6-11-29)13-27-21-19(24-8-9-26-21)22(30)28-14-16-2-3-17-4-7-25-20(23)18(17)12-16/h2-4,7-9,12,15H,5-6,10-11,13-14H2,1H3,(H2,23,25)(H,26,27)(H,28,30). The summed E-state index contributed by atoms with van der Waals surface area (Å²) in [6.45, 7) is 3.37. The molecule has 0 bridgehead atoms. The summed E-state index contributed by atoms with van der Waals surface area (Å²) in [4.78, 5) is 27.8. The number of piperidine rings is 1. The highest BCUT2D eigenvalue weighted by Gasteiger charge is 2.19. The van der Waals surface area contributed by atoms with E-state index >= 15 is 0 Å². The molecule has 3 aromatic rings. The van der Waals surface area contributed by atoms with Crippen LogP contribution in [0.15, 0.2) is 42.9 Å². The number of nitrogen functional groups attached to an aromatic ring is 1. The molecular weight excluding hydrogens is 378 g/mol. The van der Waals surface area contributed by atoms with Crippen LogP contribution in [0.5, 0.6) is 0 Å². The summed E-state index contributed by atoms with van der Waals surface area (Å²) in [5.74, 6) is 1.33. The largest absolute Gasteiger partial charge is 0.383 e. The van der Waals surface area contributed by atoms with Crippen LogP contribution in [-0.2, 0) is 6.54 Å². The van der Waals surface area contributed by atoms with Crippen molar-refractivity contribution in [1.29, 1.82) is 0 Å². The smallest absolute Gasteiger partial charge is 0.273 e. The molecule has 1 amide bonds. The molecule has 8 heteroatoms. The van der Waals surface area contributed by atoms with Gasteiger partial charge in [-0.15, -0.1) is 0 Å². The van der Waals surface area contributed by atoms with Crippen molar-refractivity contribution in [2.24, 2.45) is 5.92 Å². The lowest BCUT2D eigenvalue weighted by Gasteiger charge is -2.29. The number of nitrogens with one attached hydrogen (secondary N) is 2. The molecule has 0 atom stereocenters. The number of pyridine rings is 1. The zero-order valence-electron chi connectivity index (χ0n) is 17.1. The second-order valence-electron chi connectivity index (χ2n) is 7.82. The lowest BCUT2D eigenvalue weighted by Crippen LogP contribution is -2.33. The first-order valence-electron chi connectivity index (χ1n) is 10.2. The van der Waals surface area contributed by atoms with E-state index in [-0.39, 0.29) is 5.91 Å². The fourth-order valence-corrected chi connectivity index (χ4v) is 3.75. The molecule has 4 N–H and O–H groups in total. The maximum atomic E-state index is 12.8. The van der Waals surface area contributed by atoms with Crippen LogP contribution in [0.3, 0.4) is 0 Å². The lowest BCUT2D eigenvalue weighted by molar-refractivity contribution is 0.0946. The van der Waals surface area contributed by atoms with Gasteiger partial charge in [-0.2, -0.15) is 0 Å². The Kier molecular flexibility index (Phi) is 6.04. The maximum absolute atomic E-state index is 12.8. The summed E-state index contributed by atoms with van der Waals surface area (Å²) >= 11 is 0. The Morgan fingerprint density at radius 3 is 2.77 bits per heavy atom. The van der Waals surface area contributed by atoms with E-state index in [1.807, 2.05) is 24.3 Å². The number of fused-ring (bicyclic) bond motifs is 1. The molecule has 1 fully saturated rings. The first-order chi connectivity index (χ1) is 14.6. The lowest BCUT2D eigenvalue weighted by atomic mass is 9.97. The summed E-state index contributed by atoms with van der Waals surface area (Å²) in [5.41, 5.74) is 7.22. The van der Waals surface area contributed by atoms with Crippen LogP contribution in [-0.4, -0.2) is 52.4 Å². The number of carbonyl (C=O) groups excluding carboxylic acids is 1. The Labute approximate surface area is 175 Å². The van der Waals surface area contributed by atoms with Crippen molar-refractivity contribution in [3.8, 4) is 0 Å². The second kappa shape index (κ2) is 9.04. The van der Waals surface area contributed by atoms with E-state index in [0.29, 0.717) is 29.8 Å². The second-order valence-corrected chi connectivity index (χ2v) is 7.82. The topological polar surface area (TPSA) is 109 Å². The van der Waals surface area contributed by atoms with Gasteiger partial charge in [-0.3, -0.25) is 4.79 Å². The van der Waals surface area contributed by atoms with Gasteiger partial charge in [0.25, 0.3) is 5.91 Å². The minimum absolute atomic E-state index is 0.256. The number of benzene rings is 1. The number of hydrogen-bond acceptors (Lipinski definition) is 7. The normalized spacial score (nSPS) is 15.2. The van der Waals surface area contributed by atoms with Crippen molar-refractivity contribution in [2.45, 2.75) is 19.4 Å². The number of hydrogen-bond donors (Lipinski definition) is 3. The van der Waals surface area contributed by atoms with E-state index in [0.717, 1.165) is 48.8 Å². The highest BCUT2D eigenvalue weighted by molar-refractivity contribution is 5.96. The number of carbonyl (C=O) groups is 1. The first kappa shape index (κ1) is 20.0. The summed E-state index contributed by atoms with van der Waals surface area (Å²) in [7, 11) is 2.15. The van der Waals surface area contributed by atoms with Gasteiger partial charge in [-0.25, -0.2) is 15.0 Å². The molecule has 1 aromatic carbocycles. The summed E-state index contributed by atoms with van der Waals surface area (Å²) in [6, 6.07) is 7.81. The molecule has 1 saturated heterocycles. The van der Waals surface area contributed by atoms with Crippen LogP contribution in [0, 0.1) is 5.92 Å². The van der Waals surface area contributed by atoms with Gasteiger partial charge in [-0.05, 0) is 62.0 Å². The van der Waals surface area contributed by atoms with Crippen LogP contribution in [0.2, 0.25) is 0 Å². The van der Waals surface area contributed by atoms with E-state index in [4.69, 9.17) is 5.73 Å². The third kappa shape index (κ3) is 4.65. The third-order valence-electron chi connectivity index (χ3n) is 5.62. The Balaban J connectivity index is 1.39. The van der Waals surface area contributed by atoms with Gasteiger partial charge in [0, 0.05) is 37.1 Å². The van der Waals surface area contributed by atoms with Crippen LogP contribution < -0.4 is 16.4 Å². The zero-order chi connectivity index (χ0) is 20.9. The molecule has 0 saturated carbocycles. The van der Waals surface area contributed by atoms with E-state index in [2.05, 4.69) is 37.5 Å². The van der Waals surface area contributed by atoms with Crippen molar-refractivity contribution in [2.75, 3.05) is 37.7 Å². The Bertz CT molecular complexity index is 1030. The minimum atomic E-state index is -0.256. The quantitative estimate of drug-likeness (QED) is 0.577. The molecule has 0 unspecified atom stereocenters. The molecule has 0 radical (unpaired) electrons. The number of rotatable bonds is 6. The predicted molar refractivity (Wildman–Crippen MR) is 118 cm³/mol. The number of amides is 1. The fraction of sp³-hybridized carbons (Fsp3) is 0.364. The van der Waals surface area contributed by atoms with Gasteiger partial charge < -0.3 is 21.3 Å². The van der Waals surface area contributed by atoms with E-state index in [1.54, 1.807) is 12.4 Å². The molecular formula is C22H27N7O. The molecule has 1 aliphatic heterocycles. The van der Waals surface area contributed by atoms with Gasteiger partial charge in [0.1, 0.15) is 5.82 Å². The van der Waals surface area contributed by atoms with E-state index < -0.39 is 0 Å². The summed E-state index contributed by atoms with van der Waals surface area (Å²) < 4.78 is 0. The summed E-state index contributed by atoms with van der Waals surface area (Å²) in [5, 5.41) is 8.16. The number of nitrogens with zero attached hydrogens (tertiary/aromatic N) is 4. The molecule has 8 nitrogen and oxygen atoms in total. The Morgan fingerprint density at radius 2 is 1.93 bits per heavy atom. The fourth-order valence-electron chi connectivity index (χ4n) is 3.75. The molecule has 1 aliphatic rings. The molecule has 0 aliphatic carbocycles. The Hall–Kier alpha value is -3.26. The van der Waals surface area contributed by atoms with Gasteiger partial charge in [0.2, 0.25) is 0 Å². The number of aromatic nitrogens is 3. The molecule has 0 spiro atoms. The van der Waals surface area contributed by atoms with Gasteiger partial charge in [-0.1, -0.05) is 12.1 Å². The number of anilines is 2. The third-order valence-corrected chi connectivity index (χ3v) is 5.62. The number of nitrogens with two attached hydrogens (primary N) is 1. The average molecular weight is 406 g/mol. The van der Waals surface area contributed by atoms with Crippen molar-refractivity contribution in [3.63, 3.8) is 0 Å². The van der Waals surface area contributed by atoms with Crippen LogP contribution in [0.4, 0.5) is 11.6 Å². The van der Waals surface area contributed by atoms with Crippen LogP contribution in [0.25, 0.3) is 10.8 Å². The predicted octanol–water partition coefficient (Wildman–Crippen LogP) is 2.29. The zero-order valence-corrected chi connectivity index (χ0v) is 17.1. The molecule has 30 heavy (non-hydrogen) atoms. The van der Waals surface area contributed by atoms with Gasteiger partial charge in [0.15, 0.2) is 11.5 Å². The highest BCUT2D eigenvalue weighted by Crippen LogP contribution is 2.20. The number of likely N-dealkylation sites (tertiary alicyclic amines) is 1. The molecule has 156 valence electrons. The van der Waals surface area contributed by atoms with Crippen molar-refractivity contribution >= 4 is 28.3 Å². The van der Waals surface area contributed by atoms with Crippen molar-refractivity contribution in [1.82, 2.24) is 25.2 Å². The summed E-state index contributed by atoms with van der Waals surface area (Å²) in [6.07, 6.45) is 7.12. The van der Waals surface area contributed by atoms with E-state index in [1.165, 1.54) is 6.20 Å². The molecule has 2 aromatic heterocycles. The molecule has 3 heterocycles. The average Bonchev–Trinajstić information content (AvgIpc) is 2.78. The SMILES string of the molecule is CN1CCC(CNc2nccnc2C(=O)NCc2ccc3ccnc(N)c3c2)CC1. The first-order valence-corrected chi connectivity index (χ1v) is 10.2. The Morgan fingerprint density at radius 1 is 1.13 bits per heavy atom. The maximum Gasteiger partial charge on any atom is 0.273 e. The van der Waals surface area contributed by atoms with E-state index in [9.17, 15) is 4.79 Å². The van der Waals surface area contributed by atoms with Crippen LogP contribution >= 0.6 is 0 Å². The monoisotopic (exact) mass is 405 g/mol. The van der Waals surface area contributed by atoms with Crippen LogP contribution in [0.1, 0.15) is 28.9 Å².